The molecule has 1 saturated heterocycles. The Morgan fingerprint density at radius 1 is 1.40 bits per heavy atom. The van der Waals surface area contributed by atoms with Crippen LogP contribution < -0.4 is 10.6 Å². The van der Waals surface area contributed by atoms with Crippen molar-refractivity contribution in [3.8, 4) is 0 Å². The zero-order valence-electron chi connectivity index (χ0n) is 7.66. The van der Waals surface area contributed by atoms with Crippen LogP contribution in [0.1, 0.15) is 0 Å². The Hall–Kier alpha value is -1.22. The molecule has 0 aliphatic carbocycles. The number of imide groups is 1. The van der Waals surface area contributed by atoms with Crippen molar-refractivity contribution in [2.75, 3.05) is 6.61 Å². The first-order valence-electron chi connectivity index (χ1n) is 4.23. The van der Waals surface area contributed by atoms with Crippen molar-refractivity contribution in [1.82, 2.24) is 10.6 Å². The number of ether oxygens (including phenoxy) is 1. The molecule has 8 nitrogen and oxygen atoms in total. The van der Waals surface area contributed by atoms with Crippen molar-refractivity contribution in [2.24, 2.45) is 0 Å². The summed E-state index contributed by atoms with van der Waals surface area (Å²) in [6, 6.07) is -0.861. The maximum absolute atomic E-state index is 10.9. The summed E-state index contributed by atoms with van der Waals surface area (Å²) < 4.78 is 4.91. The monoisotopic (exact) mass is 220 g/mol. The number of hydrogen-bond donors (Lipinski definition) is 5. The summed E-state index contributed by atoms with van der Waals surface area (Å²) in [5, 5.41) is 31.3. The van der Waals surface area contributed by atoms with Gasteiger partial charge in [0.25, 0.3) is 0 Å². The summed E-state index contributed by atoms with van der Waals surface area (Å²) in [6.45, 7) is -0.480. The molecule has 1 fully saturated rings. The van der Waals surface area contributed by atoms with E-state index in [-0.39, 0.29) is 6.41 Å². The molecule has 1 rings (SSSR count). The minimum atomic E-state index is -1.35. The lowest BCUT2D eigenvalue weighted by atomic mass is 10.1. The molecule has 0 aromatic carbocycles. The van der Waals surface area contributed by atoms with Gasteiger partial charge in [-0.1, -0.05) is 0 Å². The summed E-state index contributed by atoms with van der Waals surface area (Å²) in [5.41, 5.74) is 0. The average molecular weight is 220 g/mol. The lowest BCUT2D eigenvalue weighted by molar-refractivity contribution is -0.108. The van der Waals surface area contributed by atoms with Gasteiger partial charge < -0.3 is 25.4 Å². The number of rotatable bonds is 3. The van der Waals surface area contributed by atoms with Crippen LogP contribution in [0.4, 0.5) is 4.79 Å². The summed E-state index contributed by atoms with van der Waals surface area (Å²) in [5.74, 6) is 0. The van der Waals surface area contributed by atoms with Crippen LogP contribution in [0.3, 0.4) is 0 Å². The van der Waals surface area contributed by atoms with Crippen LogP contribution in [0.5, 0.6) is 0 Å². The van der Waals surface area contributed by atoms with Crippen molar-refractivity contribution < 1.29 is 29.6 Å². The number of carbonyl (C=O) groups excluding carboxylic acids is 2. The predicted octanol–water partition coefficient (Wildman–Crippen LogP) is -3.12. The van der Waals surface area contributed by atoms with Crippen LogP contribution in [-0.2, 0) is 9.53 Å². The van der Waals surface area contributed by atoms with Gasteiger partial charge in [0.15, 0.2) is 6.23 Å². The number of hydrogen-bond acceptors (Lipinski definition) is 6. The second kappa shape index (κ2) is 5.03. The van der Waals surface area contributed by atoms with E-state index < -0.39 is 37.2 Å². The highest BCUT2D eigenvalue weighted by Crippen LogP contribution is 2.18. The molecule has 0 bridgehead atoms. The van der Waals surface area contributed by atoms with E-state index in [1.807, 2.05) is 0 Å². The van der Waals surface area contributed by atoms with Gasteiger partial charge in [-0.15, -0.1) is 0 Å². The Labute approximate surface area is 84.8 Å². The topological polar surface area (TPSA) is 128 Å². The number of aliphatic hydroxyl groups excluding tert-OH is 3. The molecule has 0 radical (unpaired) electrons. The van der Waals surface area contributed by atoms with E-state index in [0.717, 1.165) is 0 Å². The Balaban J connectivity index is 2.50. The summed E-state index contributed by atoms with van der Waals surface area (Å²) in [4.78, 5) is 20.7. The van der Waals surface area contributed by atoms with Crippen LogP contribution in [0, 0.1) is 0 Å². The maximum atomic E-state index is 10.9. The molecule has 1 aliphatic heterocycles. The van der Waals surface area contributed by atoms with Crippen LogP contribution >= 0.6 is 0 Å². The van der Waals surface area contributed by atoms with Gasteiger partial charge in [0.1, 0.15) is 18.3 Å². The molecule has 8 heteroatoms. The first-order chi connectivity index (χ1) is 7.10. The van der Waals surface area contributed by atoms with Crippen molar-refractivity contribution >= 4 is 12.4 Å². The second-order valence-corrected chi connectivity index (χ2v) is 2.99. The Morgan fingerprint density at radius 2 is 2.07 bits per heavy atom. The molecule has 0 spiro atoms. The van der Waals surface area contributed by atoms with Crippen molar-refractivity contribution in [3.05, 3.63) is 0 Å². The van der Waals surface area contributed by atoms with Crippen molar-refractivity contribution in [1.29, 1.82) is 0 Å². The average Bonchev–Trinajstić information content (AvgIpc) is 2.46. The number of amides is 3. The van der Waals surface area contributed by atoms with E-state index in [4.69, 9.17) is 9.84 Å². The number of aliphatic hydroxyl groups is 3. The number of carbonyl (C=O) groups is 2. The fourth-order valence-electron chi connectivity index (χ4n) is 1.24. The standard InChI is InChI=1S/C7H12N2O6/c10-1-3-4(12)5(13)6(15-3)9-7(14)8-2-11/h2-6,10,12-13H,1H2,(H2,8,9,11,14)/t3-,4-,5+,6?/m1/s1. The second-order valence-electron chi connectivity index (χ2n) is 2.99. The van der Waals surface area contributed by atoms with Crippen molar-refractivity contribution in [2.45, 2.75) is 24.5 Å². The maximum Gasteiger partial charge on any atom is 0.323 e. The quantitative estimate of drug-likeness (QED) is 0.320. The smallest absolute Gasteiger partial charge is 0.323 e. The zero-order chi connectivity index (χ0) is 11.4. The van der Waals surface area contributed by atoms with Gasteiger partial charge >= 0.3 is 6.03 Å². The van der Waals surface area contributed by atoms with E-state index in [0.29, 0.717) is 0 Å². The highest BCUT2D eigenvalue weighted by Gasteiger charge is 2.42. The molecule has 4 atom stereocenters. The molecule has 86 valence electrons. The van der Waals surface area contributed by atoms with Crippen LogP contribution in [-0.4, -0.2) is 58.9 Å². The Morgan fingerprint density at radius 3 is 2.53 bits per heavy atom. The lowest BCUT2D eigenvalue weighted by Crippen LogP contribution is -2.47. The summed E-state index contributed by atoms with van der Waals surface area (Å²) >= 11 is 0. The van der Waals surface area contributed by atoms with E-state index in [1.165, 1.54) is 0 Å². The van der Waals surface area contributed by atoms with Gasteiger partial charge in [0.2, 0.25) is 6.41 Å². The molecule has 0 aromatic rings. The van der Waals surface area contributed by atoms with Gasteiger partial charge in [0, 0.05) is 0 Å². The third kappa shape index (κ3) is 2.63. The van der Waals surface area contributed by atoms with Gasteiger partial charge in [-0.2, -0.15) is 0 Å². The molecule has 3 amide bonds. The molecule has 0 aromatic heterocycles. The highest BCUT2D eigenvalue weighted by atomic mass is 16.6. The lowest BCUT2D eigenvalue weighted by Gasteiger charge is -2.15. The molecule has 0 saturated carbocycles. The minimum absolute atomic E-state index is 0.163. The zero-order valence-corrected chi connectivity index (χ0v) is 7.66. The molecule has 1 aliphatic rings. The SMILES string of the molecule is O=CNC(=O)NC1O[C@H](CO)[C@@H](O)[C@@H]1O. The summed E-state index contributed by atoms with van der Waals surface area (Å²) in [7, 11) is 0. The molecular formula is C7H12N2O6. The largest absolute Gasteiger partial charge is 0.394 e. The number of nitrogens with one attached hydrogen (secondary N) is 2. The molecular weight excluding hydrogens is 208 g/mol. The highest BCUT2D eigenvalue weighted by molar-refractivity contribution is 5.84. The van der Waals surface area contributed by atoms with Crippen LogP contribution in [0.25, 0.3) is 0 Å². The Kier molecular flexibility index (Phi) is 3.97. The van der Waals surface area contributed by atoms with E-state index in [1.54, 1.807) is 5.32 Å². The van der Waals surface area contributed by atoms with Crippen molar-refractivity contribution in [3.63, 3.8) is 0 Å². The van der Waals surface area contributed by atoms with E-state index in [9.17, 15) is 19.8 Å². The normalized spacial score (nSPS) is 34.9. The van der Waals surface area contributed by atoms with Crippen LogP contribution in [0.15, 0.2) is 0 Å². The first-order valence-corrected chi connectivity index (χ1v) is 4.23. The fourth-order valence-corrected chi connectivity index (χ4v) is 1.24. The van der Waals surface area contributed by atoms with E-state index in [2.05, 4.69) is 5.32 Å². The molecule has 5 N–H and O–H groups in total. The molecule has 1 heterocycles. The number of urea groups is 1. The first kappa shape index (κ1) is 11.9. The van der Waals surface area contributed by atoms with Gasteiger partial charge in [-0.3, -0.25) is 10.1 Å². The predicted molar refractivity (Wildman–Crippen MR) is 45.5 cm³/mol. The minimum Gasteiger partial charge on any atom is -0.394 e. The van der Waals surface area contributed by atoms with E-state index >= 15 is 0 Å². The fraction of sp³-hybridized carbons (Fsp3) is 0.714. The Bertz CT molecular complexity index is 248. The third-order valence-corrected chi connectivity index (χ3v) is 2.01. The molecule has 1 unspecified atom stereocenters. The summed E-state index contributed by atoms with van der Waals surface area (Å²) in [6.07, 6.45) is -4.58. The van der Waals surface area contributed by atoms with Gasteiger partial charge in [0.05, 0.1) is 6.61 Å². The van der Waals surface area contributed by atoms with Gasteiger partial charge in [-0.25, -0.2) is 4.79 Å². The van der Waals surface area contributed by atoms with Crippen LogP contribution in [0.2, 0.25) is 0 Å². The molecule has 15 heavy (non-hydrogen) atoms. The van der Waals surface area contributed by atoms with Gasteiger partial charge in [-0.05, 0) is 0 Å². The third-order valence-electron chi connectivity index (χ3n) is 2.01.